The first-order chi connectivity index (χ1) is 8.27. The van der Waals surface area contributed by atoms with Crippen LogP contribution in [0.25, 0.3) is 0 Å². The van der Waals surface area contributed by atoms with Crippen LogP contribution in [0.3, 0.4) is 0 Å². The summed E-state index contributed by atoms with van der Waals surface area (Å²) in [6.45, 7) is 4.30. The molecule has 1 aliphatic rings. The minimum Gasteiger partial charge on any atom is -0.396 e. The monoisotopic (exact) mass is 243 g/mol. The molecule has 100 valence electrons. The molecule has 0 spiro atoms. The number of hydrogen-bond acceptors (Lipinski definition) is 3. The molecule has 0 saturated heterocycles. The van der Waals surface area contributed by atoms with E-state index in [1.165, 1.54) is 6.42 Å². The Morgan fingerprint density at radius 3 is 2.88 bits per heavy atom. The van der Waals surface area contributed by atoms with Crippen LogP contribution in [0.4, 0.5) is 0 Å². The van der Waals surface area contributed by atoms with E-state index < -0.39 is 0 Å². The fourth-order valence-corrected chi connectivity index (χ4v) is 2.44. The Bertz CT molecular complexity index is 221. The summed E-state index contributed by atoms with van der Waals surface area (Å²) in [6.07, 6.45) is 4.73. The molecule has 1 amide bonds. The van der Waals surface area contributed by atoms with Crippen molar-refractivity contribution in [3.8, 4) is 0 Å². The lowest BCUT2D eigenvalue weighted by Gasteiger charge is -2.17. The largest absolute Gasteiger partial charge is 0.396 e. The summed E-state index contributed by atoms with van der Waals surface area (Å²) in [6, 6.07) is 0. The van der Waals surface area contributed by atoms with Crippen molar-refractivity contribution >= 4 is 5.91 Å². The van der Waals surface area contributed by atoms with E-state index in [1.807, 2.05) is 6.92 Å². The first-order valence-corrected chi connectivity index (χ1v) is 6.73. The summed E-state index contributed by atoms with van der Waals surface area (Å²) in [7, 11) is 0. The second kappa shape index (κ2) is 8.48. The predicted octanol–water partition coefficient (Wildman–Crippen LogP) is 1.33. The Morgan fingerprint density at radius 1 is 1.41 bits per heavy atom. The number of aliphatic hydroxyl groups excluding tert-OH is 1. The Hall–Kier alpha value is -0.610. The molecule has 1 aliphatic carbocycles. The van der Waals surface area contributed by atoms with Crippen LogP contribution in [0.15, 0.2) is 0 Å². The summed E-state index contributed by atoms with van der Waals surface area (Å²) in [5.41, 5.74) is 0. The second-order valence-electron chi connectivity index (χ2n) is 4.74. The van der Waals surface area contributed by atoms with Gasteiger partial charge in [-0.25, -0.2) is 0 Å². The van der Waals surface area contributed by atoms with E-state index in [0.29, 0.717) is 31.5 Å². The zero-order valence-corrected chi connectivity index (χ0v) is 10.8. The topological polar surface area (TPSA) is 58.6 Å². The average molecular weight is 243 g/mol. The number of hydrogen-bond donors (Lipinski definition) is 2. The zero-order valence-electron chi connectivity index (χ0n) is 10.8. The van der Waals surface area contributed by atoms with Crippen LogP contribution in [0.2, 0.25) is 0 Å². The number of aliphatic hydroxyl groups is 1. The molecule has 0 heterocycles. The summed E-state index contributed by atoms with van der Waals surface area (Å²) in [5.74, 6) is 0.961. The van der Waals surface area contributed by atoms with E-state index in [1.54, 1.807) is 0 Å². The average Bonchev–Trinajstić information content (AvgIpc) is 2.79. The fourth-order valence-electron chi connectivity index (χ4n) is 2.44. The zero-order chi connectivity index (χ0) is 12.5. The van der Waals surface area contributed by atoms with Crippen molar-refractivity contribution in [1.29, 1.82) is 0 Å². The van der Waals surface area contributed by atoms with Crippen molar-refractivity contribution in [2.24, 2.45) is 11.8 Å². The standard InChI is InChI=1S/C13H25NO3/c1-2-17-8-4-7-13(16)14-9-11-5-3-6-12(11)10-15/h11-12,15H,2-10H2,1H3,(H,14,16). The van der Waals surface area contributed by atoms with E-state index in [2.05, 4.69) is 5.32 Å². The fraction of sp³-hybridized carbons (Fsp3) is 0.923. The minimum absolute atomic E-state index is 0.105. The number of nitrogens with one attached hydrogen (secondary N) is 1. The van der Waals surface area contributed by atoms with Crippen LogP contribution in [0.1, 0.15) is 39.0 Å². The van der Waals surface area contributed by atoms with E-state index >= 15 is 0 Å². The third-order valence-corrected chi connectivity index (χ3v) is 3.51. The number of ether oxygens (including phenoxy) is 1. The van der Waals surface area contributed by atoms with Crippen molar-refractivity contribution in [3.63, 3.8) is 0 Å². The lowest BCUT2D eigenvalue weighted by molar-refractivity contribution is -0.121. The van der Waals surface area contributed by atoms with Crippen LogP contribution in [0, 0.1) is 11.8 Å². The molecule has 0 aromatic rings. The van der Waals surface area contributed by atoms with Crippen LogP contribution < -0.4 is 5.32 Å². The molecular weight excluding hydrogens is 218 g/mol. The van der Waals surface area contributed by atoms with Gasteiger partial charge in [-0.3, -0.25) is 4.79 Å². The minimum atomic E-state index is 0.105. The Labute approximate surface area is 104 Å². The van der Waals surface area contributed by atoms with Gasteiger partial charge in [0.2, 0.25) is 5.91 Å². The number of rotatable bonds is 8. The molecule has 17 heavy (non-hydrogen) atoms. The summed E-state index contributed by atoms with van der Waals surface area (Å²) < 4.78 is 5.18. The number of carbonyl (C=O) groups excluding carboxylic acids is 1. The molecule has 0 radical (unpaired) electrons. The molecule has 0 aromatic carbocycles. The molecule has 0 aromatic heterocycles. The molecule has 4 heteroatoms. The maximum Gasteiger partial charge on any atom is 0.220 e. The molecular formula is C13H25NO3. The number of amides is 1. The van der Waals surface area contributed by atoms with Gasteiger partial charge in [0.25, 0.3) is 0 Å². The van der Waals surface area contributed by atoms with E-state index in [0.717, 1.165) is 25.8 Å². The van der Waals surface area contributed by atoms with Gasteiger partial charge < -0.3 is 15.2 Å². The van der Waals surface area contributed by atoms with Crippen LogP contribution in [-0.4, -0.2) is 37.4 Å². The van der Waals surface area contributed by atoms with Crippen LogP contribution in [0.5, 0.6) is 0 Å². The first kappa shape index (κ1) is 14.5. The molecule has 2 N–H and O–H groups in total. The van der Waals surface area contributed by atoms with Crippen molar-refractivity contribution in [3.05, 3.63) is 0 Å². The molecule has 0 aliphatic heterocycles. The van der Waals surface area contributed by atoms with Gasteiger partial charge in [-0.05, 0) is 38.0 Å². The van der Waals surface area contributed by atoms with Crippen molar-refractivity contribution in [2.75, 3.05) is 26.4 Å². The third-order valence-electron chi connectivity index (χ3n) is 3.51. The van der Waals surface area contributed by atoms with Gasteiger partial charge in [-0.15, -0.1) is 0 Å². The molecule has 1 saturated carbocycles. The predicted molar refractivity (Wildman–Crippen MR) is 66.7 cm³/mol. The van der Waals surface area contributed by atoms with Crippen molar-refractivity contribution < 1.29 is 14.6 Å². The van der Waals surface area contributed by atoms with Gasteiger partial charge in [-0.2, -0.15) is 0 Å². The SMILES string of the molecule is CCOCCCC(=O)NCC1CCCC1CO. The highest BCUT2D eigenvalue weighted by Crippen LogP contribution is 2.30. The Morgan fingerprint density at radius 2 is 2.18 bits per heavy atom. The third kappa shape index (κ3) is 5.50. The van der Waals surface area contributed by atoms with Crippen LogP contribution in [-0.2, 0) is 9.53 Å². The van der Waals surface area contributed by atoms with Gasteiger partial charge in [-0.1, -0.05) is 6.42 Å². The van der Waals surface area contributed by atoms with Gasteiger partial charge in [0.05, 0.1) is 0 Å². The molecule has 1 fully saturated rings. The number of carbonyl (C=O) groups is 1. The summed E-state index contributed by atoms with van der Waals surface area (Å²) in [5, 5.41) is 12.1. The van der Waals surface area contributed by atoms with E-state index in [-0.39, 0.29) is 12.5 Å². The summed E-state index contributed by atoms with van der Waals surface area (Å²) >= 11 is 0. The second-order valence-corrected chi connectivity index (χ2v) is 4.74. The van der Waals surface area contributed by atoms with Gasteiger partial charge in [0, 0.05) is 32.8 Å². The lowest BCUT2D eigenvalue weighted by Crippen LogP contribution is -2.31. The molecule has 0 bridgehead atoms. The smallest absolute Gasteiger partial charge is 0.220 e. The highest BCUT2D eigenvalue weighted by atomic mass is 16.5. The maximum absolute atomic E-state index is 11.5. The van der Waals surface area contributed by atoms with Gasteiger partial charge >= 0.3 is 0 Å². The van der Waals surface area contributed by atoms with Gasteiger partial charge in [0.15, 0.2) is 0 Å². The molecule has 4 nitrogen and oxygen atoms in total. The first-order valence-electron chi connectivity index (χ1n) is 6.73. The Kier molecular flexibility index (Phi) is 7.21. The lowest BCUT2D eigenvalue weighted by atomic mass is 9.97. The maximum atomic E-state index is 11.5. The van der Waals surface area contributed by atoms with Crippen molar-refractivity contribution in [2.45, 2.75) is 39.0 Å². The molecule has 2 unspecified atom stereocenters. The van der Waals surface area contributed by atoms with Gasteiger partial charge in [0.1, 0.15) is 0 Å². The Balaban J connectivity index is 2.06. The quantitative estimate of drug-likeness (QED) is 0.632. The van der Waals surface area contributed by atoms with Crippen molar-refractivity contribution in [1.82, 2.24) is 5.32 Å². The van der Waals surface area contributed by atoms with E-state index in [9.17, 15) is 9.90 Å². The summed E-state index contributed by atoms with van der Waals surface area (Å²) in [4.78, 5) is 11.5. The van der Waals surface area contributed by atoms with Crippen LogP contribution >= 0.6 is 0 Å². The van der Waals surface area contributed by atoms with E-state index in [4.69, 9.17) is 4.74 Å². The highest BCUT2D eigenvalue weighted by Gasteiger charge is 2.26. The molecule has 1 rings (SSSR count). The normalized spacial score (nSPS) is 23.9. The molecule has 2 atom stereocenters. The highest BCUT2D eigenvalue weighted by molar-refractivity contribution is 5.75.